The number of hydrogen-bond acceptors (Lipinski definition) is 7. The van der Waals surface area contributed by atoms with Crippen LogP contribution in [0.1, 0.15) is 37.3 Å². The van der Waals surface area contributed by atoms with Crippen LogP contribution in [0, 0.1) is 6.92 Å². The number of rotatable bonds is 12. The fourth-order valence-corrected chi connectivity index (χ4v) is 4.35. The van der Waals surface area contributed by atoms with Crippen molar-refractivity contribution < 1.29 is 33.3 Å². The molecule has 0 saturated carbocycles. The van der Waals surface area contributed by atoms with Gasteiger partial charge in [0.25, 0.3) is 0 Å². The van der Waals surface area contributed by atoms with E-state index in [1.807, 2.05) is 50.2 Å². The van der Waals surface area contributed by atoms with Gasteiger partial charge >= 0.3 is 5.97 Å². The van der Waals surface area contributed by atoms with E-state index in [-0.39, 0.29) is 0 Å². The summed E-state index contributed by atoms with van der Waals surface area (Å²) in [7, 11) is 3.19. The van der Waals surface area contributed by atoms with Crippen LogP contribution in [0.4, 0.5) is 0 Å². The summed E-state index contributed by atoms with van der Waals surface area (Å²) in [5, 5.41) is 11.6. The molecule has 0 aliphatic carbocycles. The van der Waals surface area contributed by atoms with Gasteiger partial charge in [-0.3, -0.25) is 0 Å². The first-order valence-electron chi connectivity index (χ1n) is 12.5. The third-order valence-corrected chi connectivity index (χ3v) is 6.49. The maximum atomic E-state index is 12.2. The number of aliphatic carboxylic acids is 1. The summed E-state index contributed by atoms with van der Waals surface area (Å²) in [5.41, 5.74) is 0.664. The SMILES string of the molecule is CCCOC(C)(C(=O)O)c1ccc(OCCc2nc(-c3cc(OC)cc(OC)c3)oc2C)c2ccccc12. The summed E-state index contributed by atoms with van der Waals surface area (Å²) in [6.07, 6.45) is 1.25. The van der Waals surface area contributed by atoms with Gasteiger partial charge < -0.3 is 28.5 Å². The van der Waals surface area contributed by atoms with Crippen LogP contribution in [0.25, 0.3) is 22.2 Å². The molecule has 4 rings (SSSR count). The summed E-state index contributed by atoms with van der Waals surface area (Å²) >= 11 is 0. The number of methoxy groups -OCH3 is 2. The van der Waals surface area contributed by atoms with Crippen LogP contribution < -0.4 is 14.2 Å². The van der Waals surface area contributed by atoms with Gasteiger partial charge in [-0.25, -0.2) is 9.78 Å². The van der Waals surface area contributed by atoms with Crippen LogP contribution in [0.2, 0.25) is 0 Å². The number of carboxylic acid groups (broad SMARTS) is 1. The van der Waals surface area contributed by atoms with Gasteiger partial charge in [0, 0.05) is 35.6 Å². The highest BCUT2D eigenvalue weighted by atomic mass is 16.5. The number of aryl methyl sites for hydroxylation is 1. The van der Waals surface area contributed by atoms with E-state index in [4.69, 9.17) is 23.4 Å². The maximum Gasteiger partial charge on any atom is 0.340 e. The summed E-state index contributed by atoms with van der Waals surface area (Å²) in [6, 6.07) is 16.7. The quantitative estimate of drug-likeness (QED) is 0.237. The summed E-state index contributed by atoms with van der Waals surface area (Å²) in [6.45, 7) is 6.12. The fraction of sp³-hybridized carbons (Fsp3) is 0.333. The molecule has 1 unspecified atom stereocenters. The van der Waals surface area contributed by atoms with E-state index in [1.54, 1.807) is 39.3 Å². The maximum absolute atomic E-state index is 12.2. The lowest BCUT2D eigenvalue weighted by molar-refractivity contribution is -0.165. The molecule has 1 heterocycles. The molecule has 0 amide bonds. The third-order valence-electron chi connectivity index (χ3n) is 6.49. The van der Waals surface area contributed by atoms with Crippen molar-refractivity contribution in [2.24, 2.45) is 0 Å². The van der Waals surface area contributed by atoms with Gasteiger partial charge in [0.05, 0.1) is 26.5 Å². The molecule has 4 aromatic rings. The zero-order valence-electron chi connectivity index (χ0n) is 22.4. The molecular formula is C30H33NO7. The van der Waals surface area contributed by atoms with Crippen LogP contribution in [0.15, 0.2) is 59.0 Å². The second kappa shape index (κ2) is 11.6. The van der Waals surface area contributed by atoms with E-state index < -0.39 is 11.6 Å². The number of carboxylic acids is 1. The predicted octanol–water partition coefficient (Wildman–Crippen LogP) is 6.17. The second-order valence-corrected chi connectivity index (χ2v) is 9.07. The van der Waals surface area contributed by atoms with Crippen molar-refractivity contribution in [2.75, 3.05) is 27.4 Å². The molecule has 3 aromatic carbocycles. The molecule has 0 spiro atoms. The van der Waals surface area contributed by atoms with Crippen molar-refractivity contribution in [1.82, 2.24) is 4.98 Å². The molecule has 0 bridgehead atoms. The zero-order chi connectivity index (χ0) is 27.3. The van der Waals surface area contributed by atoms with Crippen molar-refractivity contribution >= 4 is 16.7 Å². The van der Waals surface area contributed by atoms with E-state index in [9.17, 15) is 9.90 Å². The van der Waals surface area contributed by atoms with Crippen molar-refractivity contribution in [3.8, 4) is 28.7 Å². The Hall–Kier alpha value is -4.04. The average molecular weight is 520 g/mol. The van der Waals surface area contributed by atoms with Crippen LogP contribution in [-0.2, 0) is 21.6 Å². The van der Waals surface area contributed by atoms with Gasteiger partial charge in [-0.15, -0.1) is 0 Å². The fourth-order valence-electron chi connectivity index (χ4n) is 4.35. The first-order chi connectivity index (χ1) is 18.3. The van der Waals surface area contributed by atoms with Crippen molar-refractivity contribution in [3.63, 3.8) is 0 Å². The number of hydrogen-bond donors (Lipinski definition) is 1. The van der Waals surface area contributed by atoms with Crippen LogP contribution in [0.3, 0.4) is 0 Å². The summed E-state index contributed by atoms with van der Waals surface area (Å²) in [5.74, 6) is 2.10. The molecule has 0 aliphatic heterocycles. The molecule has 1 N–H and O–H groups in total. The van der Waals surface area contributed by atoms with E-state index in [2.05, 4.69) is 4.98 Å². The van der Waals surface area contributed by atoms with Crippen molar-refractivity contribution in [3.05, 3.63) is 71.6 Å². The second-order valence-electron chi connectivity index (χ2n) is 9.07. The summed E-state index contributed by atoms with van der Waals surface area (Å²) < 4.78 is 28.6. The predicted molar refractivity (Wildman–Crippen MR) is 144 cm³/mol. The van der Waals surface area contributed by atoms with E-state index in [0.29, 0.717) is 54.1 Å². The zero-order valence-corrected chi connectivity index (χ0v) is 22.4. The minimum Gasteiger partial charge on any atom is -0.497 e. The number of nitrogens with zero attached hydrogens (tertiary/aromatic N) is 1. The molecule has 200 valence electrons. The molecule has 1 atom stereocenters. The monoisotopic (exact) mass is 519 g/mol. The lowest BCUT2D eigenvalue weighted by Crippen LogP contribution is -2.36. The first kappa shape index (κ1) is 27.0. The van der Waals surface area contributed by atoms with Crippen molar-refractivity contribution in [1.29, 1.82) is 0 Å². The van der Waals surface area contributed by atoms with Gasteiger partial charge in [-0.2, -0.15) is 0 Å². The molecule has 38 heavy (non-hydrogen) atoms. The average Bonchev–Trinajstić information content (AvgIpc) is 3.31. The Labute approximate surface area is 222 Å². The van der Waals surface area contributed by atoms with Gasteiger partial charge in [0.1, 0.15) is 23.0 Å². The number of carbonyl (C=O) groups is 1. The highest BCUT2D eigenvalue weighted by Gasteiger charge is 2.38. The number of ether oxygens (including phenoxy) is 4. The minimum atomic E-state index is -1.47. The number of aromatic nitrogens is 1. The standard InChI is InChI=1S/C30H33NO7/c1-6-14-37-30(3,29(32)33)25-11-12-27(24-10-8-7-9-23(24)25)36-15-13-26-19(2)38-28(31-26)20-16-21(34-4)18-22(17-20)35-5/h7-12,16-18H,6,13-15H2,1-5H3,(H,32,33). The van der Waals surface area contributed by atoms with Gasteiger partial charge in [-0.1, -0.05) is 37.3 Å². The number of fused-ring (bicyclic) bond motifs is 1. The molecule has 0 fully saturated rings. The third kappa shape index (κ3) is 5.45. The Morgan fingerprint density at radius 1 is 1.00 bits per heavy atom. The lowest BCUT2D eigenvalue weighted by Gasteiger charge is -2.27. The highest BCUT2D eigenvalue weighted by Crippen LogP contribution is 2.37. The molecule has 8 nitrogen and oxygen atoms in total. The Bertz CT molecular complexity index is 1410. The van der Waals surface area contributed by atoms with Gasteiger partial charge in [0.15, 0.2) is 5.60 Å². The molecular weight excluding hydrogens is 486 g/mol. The Morgan fingerprint density at radius 2 is 1.68 bits per heavy atom. The molecule has 1 aromatic heterocycles. The van der Waals surface area contributed by atoms with Crippen LogP contribution in [0.5, 0.6) is 17.2 Å². The van der Waals surface area contributed by atoms with E-state index in [1.165, 1.54) is 0 Å². The lowest BCUT2D eigenvalue weighted by atomic mass is 9.90. The Balaban J connectivity index is 1.55. The Morgan fingerprint density at radius 3 is 2.32 bits per heavy atom. The summed E-state index contributed by atoms with van der Waals surface area (Å²) in [4.78, 5) is 16.9. The largest absolute Gasteiger partial charge is 0.497 e. The van der Waals surface area contributed by atoms with Gasteiger partial charge in [0.2, 0.25) is 5.89 Å². The number of oxazole rings is 1. The molecule has 8 heteroatoms. The highest BCUT2D eigenvalue weighted by molar-refractivity contribution is 5.95. The first-order valence-corrected chi connectivity index (χ1v) is 12.5. The topological polar surface area (TPSA) is 100 Å². The molecule has 0 radical (unpaired) electrons. The molecule has 0 saturated heterocycles. The van der Waals surface area contributed by atoms with Crippen LogP contribution in [-0.4, -0.2) is 43.5 Å². The minimum absolute atomic E-state index is 0.344. The van der Waals surface area contributed by atoms with E-state index >= 15 is 0 Å². The van der Waals surface area contributed by atoms with Crippen LogP contribution >= 0.6 is 0 Å². The smallest absolute Gasteiger partial charge is 0.340 e. The Kier molecular flexibility index (Phi) is 8.22. The van der Waals surface area contributed by atoms with Crippen molar-refractivity contribution in [2.45, 2.75) is 39.2 Å². The number of benzene rings is 3. The normalized spacial score (nSPS) is 12.8. The van der Waals surface area contributed by atoms with Gasteiger partial charge in [-0.05, 0) is 43.9 Å². The molecule has 0 aliphatic rings. The van der Waals surface area contributed by atoms with E-state index in [0.717, 1.165) is 28.5 Å².